The van der Waals surface area contributed by atoms with Crippen LogP contribution in [0.15, 0.2) is 0 Å². The molecule has 6 nitrogen and oxygen atoms in total. The van der Waals surface area contributed by atoms with E-state index in [-0.39, 0.29) is 6.29 Å². The number of aldehydes is 1. The highest BCUT2D eigenvalue weighted by Gasteiger charge is 2.31. The van der Waals surface area contributed by atoms with Crippen LogP contribution in [-0.4, -0.2) is 58.7 Å². The molecule has 0 rings (SSSR count). The lowest BCUT2D eigenvalue weighted by Crippen LogP contribution is -2.45. The lowest BCUT2D eigenvalue weighted by Gasteiger charge is -2.22. The maximum absolute atomic E-state index is 12.5. The van der Waals surface area contributed by atoms with Gasteiger partial charge in [-0.1, -0.05) is 0 Å². The molecule has 0 aromatic rings. The Morgan fingerprint density at radius 3 is 2.33 bits per heavy atom. The van der Waals surface area contributed by atoms with Crippen LogP contribution in [0.1, 0.15) is 6.92 Å². The second-order valence-corrected chi connectivity index (χ2v) is 2.93. The molecular weight excluding hydrogens is 211 g/mol. The van der Waals surface area contributed by atoms with Crippen molar-refractivity contribution >= 4 is 12.3 Å². The minimum absolute atomic E-state index is 0.202. The van der Waals surface area contributed by atoms with Crippen LogP contribution in [0.5, 0.6) is 0 Å². The van der Waals surface area contributed by atoms with E-state index in [1.165, 1.54) is 0 Å². The average Bonchev–Trinajstić information content (AvgIpc) is 2.22. The van der Waals surface area contributed by atoms with Gasteiger partial charge in [0, 0.05) is 6.92 Å². The van der Waals surface area contributed by atoms with Crippen LogP contribution in [0.2, 0.25) is 0 Å². The van der Waals surface area contributed by atoms with Crippen molar-refractivity contribution in [2.75, 3.05) is 6.61 Å². The van der Waals surface area contributed by atoms with Crippen LogP contribution < -0.4 is 0 Å². The van der Waals surface area contributed by atoms with E-state index in [0.717, 1.165) is 6.92 Å². The Morgan fingerprint density at radius 2 is 1.93 bits per heavy atom. The zero-order valence-corrected chi connectivity index (χ0v) is 8.04. The van der Waals surface area contributed by atoms with Gasteiger partial charge in [0.15, 0.2) is 12.5 Å². The number of aliphatic hydroxyl groups excluding tert-OH is 3. The maximum Gasteiger partial charge on any atom is 0.302 e. The molecule has 0 amide bonds. The first kappa shape index (κ1) is 13.9. The monoisotopic (exact) mass is 224 g/mol. The molecule has 88 valence electrons. The maximum atomic E-state index is 12.5. The third-order valence-electron chi connectivity index (χ3n) is 1.66. The Balaban J connectivity index is 4.11. The van der Waals surface area contributed by atoms with E-state index in [0.29, 0.717) is 0 Å². The molecule has 0 aromatic carbocycles. The summed E-state index contributed by atoms with van der Waals surface area (Å²) in [7, 11) is 0. The van der Waals surface area contributed by atoms with Gasteiger partial charge in [0.2, 0.25) is 0 Å². The fraction of sp³-hybridized carbons (Fsp3) is 0.750. The highest BCUT2D eigenvalue weighted by atomic mass is 19.1. The van der Waals surface area contributed by atoms with Crippen LogP contribution in [0.4, 0.5) is 4.39 Å². The Bertz CT molecular complexity index is 221. The SMILES string of the molecule is CC(=O)OC[C@@H](O)[C@@H](O)[C@H](O)[C@@H](F)C=O. The molecule has 0 bridgehead atoms. The summed E-state index contributed by atoms with van der Waals surface area (Å²) < 4.78 is 16.9. The number of aliphatic hydroxyl groups is 3. The van der Waals surface area contributed by atoms with Crippen LogP contribution >= 0.6 is 0 Å². The number of hydrogen-bond acceptors (Lipinski definition) is 6. The number of hydrogen-bond donors (Lipinski definition) is 3. The van der Waals surface area contributed by atoms with Crippen molar-refractivity contribution in [1.82, 2.24) is 0 Å². The Morgan fingerprint density at radius 1 is 1.40 bits per heavy atom. The largest absolute Gasteiger partial charge is 0.463 e. The molecule has 0 aliphatic rings. The third-order valence-corrected chi connectivity index (χ3v) is 1.66. The predicted molar refractivity (Wildman–Crippen MR) is 45.6 cm³/mol. The Kier molecular flexibility index (Phi) is 5.99. The fourth-order valence-electron chi connectivity index (χ4n) is 0.798. The van der Waals surface area contributed by atoms with Crippen LogP contribution in [0, 0.1) is 0 Å². The van der Waals surface area contributed by atoms with Gasteiger partial charge in [0.1, 0.15) is 24.9 Å². The summed E-state index contributed by atoms with van der Waals surface area (Å²) in [4.78, 5) is 20.2. The van der Waals surface area contributed by atoms with E-state index in [1.54, 1.807) is 0 Å². The van der Waals surface area contributed by atoms with Gasteiger partial charge in [-0.05, 0) is 0 Å². The van der Waals surface area contributed by atoms with Gasteiger partial charge in [-0.15, -0.1) is 0 Å². The Labute approximate surface area is 85.3 Å². The van der Waals surface area contributed by atoms with Gasteiger partial charge in [-0.2, -0.15) is 0 Å². The molecule has 4 atom stereocenters. The van der Waals surface area contributed by atoms with Gasteiger partial charge in [-0.25, -0.2) is 4.39 Å². The van der Waals surface area contributed by atoms with Crippen molar-refractivity contribution in [1.29, 1.82) is 0 Å². The quantitative estimate of drug-likeness (QED) is 0.362. The summed E-state index contributed by atoms with van der Waals surface area (Å²) in [6.45, 7) is 0.498. The second-order valence-electron chi connectivity index (χ2n) is 2.93. The zero-order chi connectivity index (χ0) is 12.0. The van der Waals surface area contributed by atoms with Crippen molar-refractivity contribution in [3.8, 4) is 0 Å². The molecule has 0 saturated carbocycles. The van der Waals surface area contributed by atoms with Crippen LogP contribution in [0.3, 0.4) is 0 Å². The molecule has 0 unspecified atom stereocenters. The van der Waals surface area contributed by atoms with E-state index in [2.05, 4.69) is 4.74 Å². The predicted octanol–water partition coefficient (Wildman–Crippen LogP) is -1.83. The van der Waals surface area contributed by atoms with Gasteiger partial charge < -0.3 is 24.9 Å². The molecule has 0 radical (unpaired) electrons. The molecular formula is C8H13FO6. The molecule has 3 N–H and O–H groups in total. The minimum Gasteiger partial charge on any atom is -0.463 e. The zero-order valence-electron chi connectivity index (χ0n) is 8.04. The molecule has 0 heterocycles. The van der Waals surface area contributed by atoms with Gasteiger partial charge >= 0.3 is 5.97 Å². The number of carbonyl (C=O) groups is 2. The second kappa shape index (κ2) is 6.44. The summed E-state index contributed by atoms with van der Waals surface area (Å²) in [5.41, 5.74) is 0. The van der Waals surface area contributed by atoms with E-state index in [4.69, 9.17) is 15.3 Å². The first-order valence-electron chi connectivity index (χ1n) is 4.17. The highest BCUT2D eigenvalue weighted by molar-refractivity contribution is 5.65. The van der Waals surface area contributed by atoms with E-state index in [1.807, 2.05) is 0 Å². The lowest BCUT2D eigenvalue weighted by molar-refractivity contribution is -0.151. The number of esters is 1. The number of alkyl halides is 1. The topological polar surface area (TPSA) is 104 Å². The van der Waals surface area contributed by atoms with Crippen LogP contribution in [-0.2, 0) is 14.3 Å². The highest BCUT2D eigenvalue weighted by Crippen LogP contribution is 2.07. The minimum atomic E-state index is -2.30. The summed E-state index contributed by atoms with van der Waals surface area (Å²) >= 11 is 0. The first-order valence-corrected chi connectivity index (χ1v) is 4.17. The van der Waals surface area contributed by atoms with Crippen molar-refractivity contribution in [3.63, 3.8) is 0 Å². The van der Waals surface area contributed by atoms with E-state index >= 15 is 0 Å². The smallest absolute Gasteiger partial charge is 0.302 e. The molecule has 0 aliphatic heterocycles. The number of carbonyl (C=O) groups excluding carboxylic acids is 2. The first-order chi connectivity index (χ1) is 6.90. The van der Waals surface area contributed by atoms with Gasteiger partial charge in [0.25, 0.3) is 0 Å². The average molecular weight is 224 g/mol. The van der Waals surface area contributed by atoms with Crippen molar-refractivity contribution < 1.29 is 34.0 Å². The van der Waals surface area contributed by atoms with E-state index < -0.39 is 37.1 Å². The number of rotatable bonds is 6. The molecule has 0 spiro atoms. The molecule has 0 saturated heterocycles. The third kappa shape index (κ3) is 4.82. The standard InChI is InChI=1S/C8H13FO6/c1-4(11)15-3-6(12)8(14)7(13)5(9)2-10/h2,5-8,12-14H,3H2,1H3/t5-,6+,7+,8+/m0/s1. The van der Waals surface area contributed by atoms with Crippen molar-refractivity contribution in [2.45, 2.75) is 31.4 Å². The molecule has 0 fully saturated rings. The molecule has 7 heteroatoms. The van der Waals surface area contributed by atoms with Gasteiger partial charge in [-0.3, -0.25) is 4.79 Å². The Hall–Kier alpha value is -1.05. The summed E-state index contributed by atoms with van der Waals surface area (Å²) in [6.07, 6.45) is -8.10. The summed E-state index contributed by atoms with van der Waals surface area (Å²) in [5, 5.41) is 27.2. The van der Waals surface area contributed by atoms with Gasteiger partial charge in [0.05, 0.1) is 0 Å². The lowest BCUT2D eigenvalue weighted by atomic mass is 10.1. The number of halogens is 1. The molecule has 15 heavy (non-hydrogen) atoms. The van der Waals surface area contributed by atoms with Crippen molar-refractivity contribution in [3.05, 3.63) is 0 Å². The van der Waals surface area contributed by atoms with Crippen LogP contribution in [0.25, 0.3) is 0 Å². The normalized spacial score (nSPS) is 18.7. The fourth-order valence-corrected chi connectivity index (χ4v) is 0.798. The molecule has 0 aromatic heterocycles. The molecule has 0 aliphatic carbocycles. The summed E-state index contributed by atoms with van der Waals surface area (Å²) in [6, 6.07) is 0. The number of ether oxygens (including phenoxy) is 1. The summed E-state index contributed by atoms with van der Waals surface area (Å²) in [5.74, 6) is -0.692. The van der Waals surface area contributed by atoms with Crippen molar-refractivity contribution in [2.24, 2.45) is 0 Å². The van der Waals surface area contributed by atoms with E-state index in [9.17, 15) is 14.0 Å².